The highest BCUT2D eigenvalue weighted by Crippen LogP contribution is 2.20. The van der Waals surface area contributed by atoms with Crippen LogP contribution < -0.4 is 10.5 Å². The lowest BCUT2D eigenvalue weighted by atomic mass is 10.1. The van der Waals surface area contributed by atoms with E-state index in [0.717, 1.165) is 5.56 Å². The number of nitrogens with two attached hydrogens (primary N) is 1. The van der Waals surface area contributed by atoms with E-state index in [-0.39, 0.29) is 4.99 Å². The molecule has 5 heteroatoms. The second-order valence-electron chi connectivity index (χ2n) is 3.07. The van der Waals surface area contributed by atoms with Crippen LogP contribution in [0.3, 0.4) is 0 Å². The van der Waals surface area contributed by atoms with Crippen molar-refractivity contribution >= 4 is 17.2 Å². The van der Waals surface area contributed by atoms with Crippen LogP contribution >= 0.6 is 12.2 Å². The first-order valence-corrected chi connectivity index (χ1v) is 4.73. The van der Waals surface area contributed by atoms with Crippen LogP contribution in [0.4, 0.5) is 8.78 Å². The number of hydrogen-bond donors (Lipinski definition) is 1. The molecule has 0 saturated carbocycles. The molecule has 0 bridgehead atoms. The smallest absolute Gasteiger partial charge is 0.272 e. The summed E-state index contributed by atoms with van der Waals surface area (Å²) in [7, 11) is 0. The molecule has 0 heterocycles. The number of aryl methyl sites for hydroxylation is 1. The molecule has 0 fully saturated rings. The number of rotatable bonds is 4. The van der Waals surface area contributed by atoms with Gasteiger partial charge in [0.1, 0.15) is 17.3 Å². The lowest BCUT2D eigenvalue weighted by Crippen LogP contribution is -2.14. The number of hydrogen-bond acceptors (Lipinski definition) is 2. The van der Waals surface area contributed by atoms with Crippen molar-refractivity contribution in [3.8, 4) is 5.75 Å². The molecule has 0 aromatic heterocycles. The quantitative estimate of drug-likeness (QED) is 0.807. The second-order valence-corrected chi connectivity index (χ2v) is 3.51. The first-order chi connectivity index (χ1) is 7.00. The monoisotopic (exact) mass is 231 g/mol. The van der Waals surface area contributed by atoms with Crippen LogP contribution in [0, 0.1) is 6.92 Å². The molecule has 0 aliphatic carbocycles. The van der Waals surface area contributed by atoms with E-state index in [0.29, 0.717) is 11.3 Å². The predicted octanol–water partition coefficient (Wildman–Crippen LogP) is 2.27. The van der Waals surface area contributed by atoms with Gasteiger partial charge in [-0.3, -0.25) is 0 Å². The third-order valence-electron chi connectivity index (χ3n) is 1.77. The Morgan fingerprint density at radius 1 is 1.53 bits per heavy atom. The van der Waals surface area contributed by atoms with Crippen molar-refractivity contribution < 1.29 is 13.5 Å². The van der Waals surface area contributed by atoms with Crippen molar-refractivity contribution in [3.05, 3.63) is 29.3 Å². The molecule has 1 aromatic rings. The number of ether oxygens (including phenoxy) is 1. The van der Waals surface area contributed by atoms with Crippen molar-refractivity contribution in [1.29, 1.82) is 0 Å². The maximum atomic E-state index is 11.9. The van der Waals surface area contributed by atoms with Gasteiger partial charge in [-0.05, 0) is 19.1 Å². The molecule has 15 heavy (non-hydrogen) atoms. The highest BCUT2D eigenvalue weighted by molar-refractivity contribution is 7.80. The van der Waals surface area contributed by atoms with Gasteiger partial charge in [-0.15, -0.1) is 0 Å². The Kier molecular flexibility index (Phi) is 3.96. The van der Waals surface area contributed by atoms with E-state index >= 15 is 0 Å². The molecule has 0 amide bonds. The van der Waals surface area contributed by atoms with Crippen molar-refractivity contribution in [2.24, 2.45) is 5.73 Å². The van der Waals surface area contributed by atoms with Crippen molar-refractivity contribution in [2.45, 2.75) is 13.3 Å². The van der Waals surface area contributed by atoms with Crippen LogP contribution in [-0.4, -0.2) is 18.0 Å². The minimum atomic E-state index is -2.51. The highest BCUT2D eigenvalue weighted by Gasteiger charge is 2.09. The van der Waals surface area contributed by atoms with Gasteiger partial charge in [-0.2, -0.15) is 0 Å². The van der Waals surface area contributed by atoms with Gasteiger partial charge in [0, 0.05) is 0 Å². The SMILES string of the molecule is Cc1ccc(OCC(F)F)c(C(N)=S)c1. The predicted molar refractivity (Wildman–Crippen MR) is 58.6 cm³/mol. The molecule has 2 nitrogen and oxygen atoms in total. The summed E-state index contributed by atoms with van der Waals surface area (Å²) in [6.45, 7) is 1.21. The summed E-state index contributed by atoms with van der Waals surface area (Å²) in [4.78, 5) is 0.142. The minimum Gasteiger partial charge on any atom is -0.487 e. The van der Waals surface area contributed by atoms with E-state index in [1.807, 2.05) is 6.92 Å². The van der Waals surface area contributed by atoms with Gasteiger partial charge >= 0.3 is 0 Å². The summed E-state index contributed by atoms with van der Waals surface area (Å²) < 4.78 is 28.8. The number of alkyl halides is 2. The van der Waals surface area contributed by atoms with Crippen LogP contribution in [-0.2, 0) is 0 Å². The van der Waals surface area contributed by atoms with Gasteiger partial charge in [0.05, 0.1) is 5.56 Å². The van der Waals surface area contributed by atoms with Gasteiger partial charge < -0.3 is 10.5 Å². The van der Waals surface area contributed by atoms with Crippen LogP contribution in [0.1, 0.15) is 11.1 Å². The van der Waals surface area contributed by atoms with Crippen LogP contribution in [0.2, 0.25) is 0 Å². The van der Waals surface area contributed by atoms with Crippen LogP contribution in [0.15, 0.2) is 18.2 Å². The highest BCUT2D eigenvalue weighted by atomic mass is 32.1. The van der Waals surface area contributed by atoms with Crippen molar-refractivity contribution in [1.82, 2.24) is 0 Å². The Morgan fingerprint density at radius 3 is 2.73 bits per heavy atom. The fourth-order valence-corrected chi connectivity index (χ4v) is 1.27. The zero-order valence-electron chi connectivity index (χ0n) is 8.17. The maximum absolute atomic E-state index is 11.9. The molecular weight excluding hydrogens is 220 g/mol. The summed E-state index contributed by atoms with van der Waals surface area (Å²) >= 11 is 4.80. The molecule has 0 aliphatic heterocycles. The molecule has 1 aromatic carbocycles. The molecule has 0 radical (unpaired) electrons. The van der Waals surface area contributed by atoms with Gasteiger partial charge in [-0.1, -0.05) is 23.8 Å². The zero-order chi connectivity index (χ0) is 11.4. The van der Waals surface area contributed by atoms with Crippen molar-refractivity contribution in [2.75, 3.05) is 6.61 Å². The number of halogens is 2. The molecule has 0 aliphatic rings. The standard InChI is InChI=1S/C10H11F2NOS/c1-6-2-3-8(14-5-9(11)12)7(4-6)10(13)15/h2-4,9H,5H2,1H3,(H2,13,15). The molecule has 1 rings (SSSR count). The lowest BCUT2D eigenvalue weighted by molar-refractivity contribution is 0.0818. The van der Waals surface area contributed by atoms with Gasteiger partial charge in [0.15, 0.2) is 0 Å². The minimum absolute atomic E-state index is 0.142. The molecular formula is C10H11F2NOS. The Hall–Kier alpha value is -1.23. The Labute approximate surface area is 92.0 Å². The fraction of sp³-hybridized carbons (Fsp3) is 0.300. The summed E-state index contributed by atoms with van der Waals surface area (Å²) in [5.74, 6) is 0.299. The molecule has 0 spiro atoms. The molecule has 0 atom stereocenters. The number of benzene rings is 1. The van der Waals surface area contributed by atoms with Gasteiger partial charge in [-0.25, -0.2) is 8.78 Å². The Morgan fingerprint density at radius 2 is 2.20 bits per heavy atom. The summed E-state index contributed by atoms with van der Waals surface area (Å²) in [5, 5.41) is 0. The lowest BCUT2D eigenvalue weighted by Gasteiger charge is -2.10. The first-order valence-electron chi connectivity index (χ1n) is 4.32. The molecule has 0 unspecified atom stereocenters. The van der Waals surface area contributed by atoms with Crippen LogP contribution in [0.25, 0.3) is 0 Å². The van der Waals surface area contributed by atoms with Crippen molar-refractivity contribution in [3.63, 3.8) is 0 Å². The molecule has 2 N–H and O–H groups in total. The Balaban J connectivity index is 2.91. The van der Waals surface area contributed by atoms with Gasteiger partial charge in [0.2, 0.25) is 0 Å². The summed E-state index contributed by atoms with van der Waals surface area (Å²) in [5.41, 5.74) is 6.89. The van der Waals surface area contributed by atoms with E-state index in [2.05, 4.69) is 0 Å². The largest absolute Gasteiger partial charge is 0.487 e. The van der Waals surface area contributed by atoms with E-state index in [1.54, 1.807) is 18.2 Å². The van der Waals surface area contributed by atoms with Crippen LogP contribution in [0.5, 0.6) is 5.75 Å². The molecule has 82 valence electrons. The summed E-state index contributed by atoms with van der Waals surface area (Å²) in [6, 6.07) is 5.05. The molecule has 0 saturated heterocycles. The topological polar surface area (TPSA) is 35.2 Å². The maximum Gasteiger partial charge on any atom is 0.272 e. The summed E-state index contributed by atoms with van der Waals surface area (Å²) in [6.07, 6.45) is -2.51. The average molecular weight is 231 g/mol. The van der Waals surface area contributed by atoms with E-state index in [1.165, 1.54) is 0 Å². The third-order valence-corrected chi connectivity index (χ3v) is 1.99. The Bertz CT molecular complexity index is 368. The van der Waals surface area contributed by atoms with E-state index in [9.17, 15) is 8.78 Å². The van der Waals surface area contributed by atoms with Gasteiger partial charge in [0.25, 0.3) is 6.43 Å². The second kappa shape index (κ2) is 5.02. The first kappa shape index (κ1) is 11.8. The zero-order valence-corrected chi connectivity index (χ0v) is 8.98. The van der Waals surface area contributed by atoms with E-state index in [4.69, 9.17) is 22.7 Å². The van der Waals surface area contributed by atoms with E-state index < -0.39 is 13.0 Å². The fourth-order valence-electron chi connectivity index (χ4n) is 1.12. The third kappa shape index (κ3) is 3.43. The average Bonchev–Trinajstić information content (AvgIpc) is 2.15. The number of thiocarbonyl (C=S) groups is 1. The normalized spacial score (nSPS) is 10.4.